The number of hydrogen-bond acceptors (Lipinski definition) is 30. The molecule has 0 bridgehead atoms. The van der Waals surface area contributed by atoms with Crippen molar-refractivity contribution in [3.8, 4) is 0 Å². The first-order chi connectivity index (χ1) is 30.5. The van der Waals surface area contributed by atoms with Gasteiger partial charge in [0.05, 0.1) is 39.6 Å². The number of nitrogens with zero attached hydrogens (tertiary/aromatic N) is 3. The number of ether oxygens (including phenoxy) is 15. The van der Waals surface area contributed by atoms with E-state index in [9.17, 15) is 30.6 Å². The van der Waals surface area contributed by atoms with E-state index in [4.69, 9.17) is 102 Å². The van der Waals surface area contributed by atoms with Gasteiger partial charge in [0.25, 0.3) is 0 Å². The minimum absolute atomic E-state index is 0.0757. The second-order valence-electron chi connectivity index (χ2n) is 12.7. The van der Waals surface area contributed by atoms with E-state index in [1.165, 1.54) is 0 Å². The summed E-state index contributed by atoms with van der Waals surface area (Å²) in [5.74, 6) is 0. The van der Waals surface area contributed by atoms with E-state index in [0.29, 0.717) is 39.3 Å². The maximum absolute atomic E-state index is 9.55. The molecule has 0 aliphatic carbocycles. The number of rotatable bonds is 42. The Bertz CT molecular complexity index is 880. The van der Waals surface area contributed by atoms with Crippen molar-refractivity contribution >= 4 is 0 Å². The summed E-state index contributed by atoms with van der Waals surface area (Å²) in [6, 6.07) is 0. The van der Waals surface area contributed by atoms with Crippen molar-refractivity contribution in [2.75, 3.05) is 160 Å². The third-order valence-corrected chi connectivity index (χ3v) is 7.80. The van der Waals surface area contributed by atoms with Crippen LogP contribution in [-0.4, -0.2) is 292 Å². The van der Waals surface area contributed by atoms with Crippen LogP contribution in [0.25, 0.3) is 0 Å². The van der Waals surface area contributed by atoms with Crippen molar-refractivity contribution in [1.29, 1.82) is 0 Å². The van der Waals surface area contributed by atoms with E-state index < -0.39 is 137 Å². The Kier molecular flexibility index (Phi) is 37.9. The molecule has 9 atom stereocenters. The molecule has 1 aliphatic rings. The molecule has 1 aliphatic heterocycles. The van der Waals surface area contributed by atoms with Crippen molar-refractivity contribution in [2.24, 2.45) is 0 Å². The Morgan fingerprint density at radius 3 is 0.698 bits per heavy atom. The van der Waals surface area contributed by atoms with Crippen LogP contribution in [0, 0.1) is 0 Å². The molecule has 0 radical (unpaired) electrons. The Morgan fingerprint density at radius 1 is 0.286 bits per heavy atom. The molecule has 0 spiro atoms. The topological polar surface area (TPSA) is 391 Å². The van der Waals surface area contributed by atoms with E-state index in [1.807, 2.05) is 14.7 Å². The summed E-state index contributed by atoms with van der Waals surface area (Å²) >= 11 is 0. The quantitative estimate of drug-likeness (QED) is 0.0200. The summed E-state index contributed by atoms with van der Waals surface area (Å²) in [5, 5.41) is 111. The van der Waals surface area contributed by atoms with Crippen molar-refractivity contribution < 1.29 is 132 Å². The van der Waals surface area contributed by atoms with Crippen LogP contribution in [0.2, 0.25) is 0 Å². The molecule has 0 amide bonds. The molecule has 63 heavy (non-hydrogen) atoms. The first-order valence-electron chi connectivity index (χ1n) is 19.5. The highest BCUT2D eigenvalue weighted by Crippen LogP contribution is 2.09. The zero-order valence-corrected chi connectivity index (χ0v) is 35.0. The van der Waals surface area contributed by atoms with E-state index >= 15 is 0 Å². The van der Waals surface area contributed by atoms with Crippen molar-refractivity contribution in [2.45, 2.75) is 56.6 Å². The largest absolute Gasteiger partial charge is 0.391 e. The molecule has 1 saturated heterocycles. The average Bonchev–Trinajstić information content (AvgIpc) is 3.39. The number of aliphatic hydroxyl groups excluding tert-OH is 12. The van der Waals surface area contributed by atoms with E-state index in [0.717, 1.165) is 0 Å². The second-order valence-corrected chi connectivity index (χ2v) is 12.7. The van der Waals surface area contributed by atoms with Gasteiger partial charge in [-0.3, -0.25) is 14.7 Å². The summed E-state index contributed by atoms with van der Waals surface area (Å²) < 4.78 is 80.0. The molecular formula is C33H69N3O27. The van der Waals surface area contributed by atoms with Crippen molar-refractivity contribution in [1.82, 2.24) is 14.7 Å². The van der Waals surface area contributed by atoms with Crippen LogP contribution < -0.4 is 0 Å². The first kappa shape index (κ1) is 59.8. The lowest BCUT2D eigenvalue weighted by Gasteiger charge is -2.28. The van der Waals surface area contributed by atoms with Crippen LogP contribution in [0.1, 0.15) is 0 Å². The van der Waals surface area contributed by atoms with Gasteiger partial charge >= 0.3 is 0 Å². The highest BCUT2D eigenvalue weighted by atomic mass is 16.8. The molecule has 378 valence electrons. The minimum Gasteiger partial charge on any atom is -0.391 e. The van der Waals surface area contributed by atoms with E-state index in [1.54, 1.807) is 0 Å². The number of aliphatic hydroxyl groups is 12. The third-order valence-electron chi connectivity index (χ3n) is 7.80. The van der Waals surface area contributed by atoms with Gasteiger partial charge in [0.1, 0.15) is 60.4 Å². The predicted molar refractivity (Wildman–Crippen MR) is 199 cm³/mol. The summed E-state index contributed by atoms with van der Waals surface area (Å²) in [5.41, 5.74) is 0. The highest BCUT2D eigenvalue weighted by Gasteiger charge is 2.23. The molecule has 5 unspecified atom stereocenters. The Hall–Kier alpha value is -1.20. The zero-order valence-electron chi connectivity index (χ0n) is 35.0. The molecule has 30 heteroatoms. The minimum atomic E-state index is -1.53. The fourth-order valence-corrected chi connectivity index (χ4v) is 4.28. The summed E-state index contributed by atoms with van der Waals surface area (Å²) in [6.07, 6.45) is -12.4. The van der Waals surface area contributed by atoms with Gasteiger partial charge in [0.2, 0.25) is 0 Å². The summed E-state index contributed by atoms with van der Waals surface area (Å²) in [7, 11) is 0. The average molecular weight is 940 g/mol. The molecule has 1 fully saturated rings. The van der Waals surface area contributed by atoms with Gasteiger partial charge in [-0.05, 0) is 0 Å². The molecule has 30 nitrogen and oxygen atoms in total. The molecule has 1 heterocycles. The van der Waals surface area contributed by atoms with Crippen LogP contribution >= 0.6 is 0 Å². The lowest BCUT2D eigenvalue weighted by molar-refractivity contribution is -0.271. The smallest absolute Gasteiger partial charge is 0.185 e. The molecule has 0 aromatic heterocycles. The lowest BCUT2D eigenvalue weighted by Crippen LogP contribution is -2.41. The predicted octanol–water partition coefficient (Wildman–Crippen LogP) is -8.39. The van der Waals surface area contributed by atoms with Crippen LogP contribution in [0.5, 0.6) is 0 Å². The summed E-state index contributed by atoms with van der Waals surface area (Å²) in [4.78, 5) is 5.65. The molecule has 12 N–H and O–H groups in total. The van der Waals surface area contributed by atoms with Crippen LogP contribution in [0.3, 0.4) is 0 Å². The summed E-state index contributed by atoms with van der Waals surface area (Å²) in [6.45, 7) is -5.78. The normalized spacial score (nSPS) is 19.4. The monoisotopic (exact) mass is 939 g/mol. The van der Waals surface area contributed by atoms with Gasteiger partial charge < -0.3 is 132 Å². The fraction of sp³-hybridized carbons (Fsp3) is 1.00. The number of hydrogen-bond donors (Lipinski definition) is 12. The standard InChI is InChI=1S/C33H69N3O27/c37-7-25(43)55-19-49-13-31(61-22-58-28(46)10-40)52-16-34-1-2-35(17-53-32(62-23-59-29(47)11-41)14-50-20-56-26(44)8-38)5-6-36(4-3-34)18-54-33(63-24-60-30(48)12-42)15-51-21-57-27(45)9-39/h25-33,37-48H,1-24H2/t25-,26?,27?,28-,29-,30?,31+,32?,33?/m1/s1. The second kappa shape index (κ2) is 39.9. The van der Waals surface area contributed by atoms with Crippen LogP contribution in [0.4, 0.5) is 0 Å². The van der Waals surface area contributed by atoms with Gasteiger partial charge in [-0.15, -0.1) is 0 Å². The molecule has 1 rings (SSSR count). The zero-order chi connectivity index (χ0) is 46.5. The fourth-order valence-electron chi connectivity index (χ4n) is 4.28. The van der Waals surface area contributed by atoms with Gasteiger partial charge in [0.15, 0.2) is 77.0 Å². The van der Waals surface area contributed by atoms with Crippen molar-refractivity contribution in [3.63, 3.8) is 0 Å². The van der Waals surface area contributed by atoms with Gasteiger partial charge in [-0.2, -0.15) is 0 Å². The SMILES string of the molecule is OCC(O)OCOCC(OCOC(O)CO)OCN1CCN(COC(COCOC(O)CO)OCO[C@@H](O)CO)CCN(CO[C@H](COCO[C@@H](O)CO)OCO[C@@H](O)CO)CC1. The lowest BCUT2D eigenvalue weighted by atomic mass is 10.4. The van der Waals surface area contributed by atoms with Crippen LogP contribution in [0.15, 0.2) is 0 Å². The third kappa shape index (κ3) is 33.0. The van der Waals surface area contributed by atoms with E-state index in [-0.39, 0.29) is 40.0 Å². The van der Waals surface area contributed by atoms with Gasteiger partial charge in [-0.25, -0.2) is 0 Å². The molecule has 0 aromatic rings. The maximum Gasteiger partial charge on any atom is 0.185 e. The Morgan fingerprint density at radius 2 is 0.492 bits per heavy atom. The Balaban J connectivity index is 3.15. The van der Waals surface area contributed by atoms with E-state index in [2.05, 4.69) is 0 Å². The Labute approximate surface area is 363 Å². The highest BCUT2D eigenvalue weighted by molar-refractivity contribution is 4.69. The van der Waals surface area contributed by atoms with Gasteiger partial charge in [-0.1, -0.05) is 0 Å². The van der Waals surface area contributed by atoms with Crippen molar-refractivity contribution in [3.05, 3.63) is 0 Å². The van der Waals surface area contributed by atoms with Gasteiger partial charge in [0, 0.05) is 39.3 Å². The molecular weight excluding hydrogens is 870 g/mol. The molecule has 0 aromatic carbocycles. The first-order valence-corrected chi connectivity index (χ1v) is 19.5. The van der Waals surface area contributed by atoms with Crippen LogP contribution in [-0.2, 0) is 71.1 Å². The maximum atomic E-state index is 9.55. The molecule has 0 saturated carbocycles.